The number of carbonyl (C=O) groups excluding carboxylic acids is 1. The van der Waals surface area contributed by atoms with Crippen LogP contribution in [0.2, 0.25) is 0 Å². The molecule has 1 fully saturated rings. The van der Waals surface area contributed by atoms with Crippen LogP contribution in [0.5, 0.6) is 0 Å². The smallest absolute Gasteiger partial charge is 0.317 e. The third kappa shape index (κ3) is 2.67. The van der Waals surface area contributed by atoms with E-state index in [4.69, 9.17) is 0 Å². The molecule has 2 rings (SSSR count). The Morgan fingerprint density at radius 2 is 2.42 bits per heavy atom. The maximum Gasteiger partial charge on any atom is 0.317 e. The molecule has 0 aliphatic carbocycles. The van der Waals surface area contributed by atoms with Gasteiger partial charge in [0.2, 0.25) is 0 Å². The van der Waals surface area contributed by atoms with Gasteiger partial charge in [0.05, 0.1) is 12.0 Å². The Bertz CT molecular complexity index is 461. The van der Waals surface area contributed by atoms with Crippen LogP contribution in [0, 0.1) is 5.41 Å². The number of carboxylic acid groups (broad SMARTS) is 1. The van der Waals surface area contributed by atoms with Gasteiger partial charge in [0.25, 0.3) is 0 Å². The summed E-state index contributed by atoms with van der Waals surface area (Å²) in [5.74, 6) is -0.270. The minimum Gasteiger partial charge on any atom is -0.481 e. The lowest BCUT2D eigenvalue weighted by Gasteiger charge is -2.23. The van der Waals surface area contributed by atoms with E-state index in [1.807, 2.05) is 6.92 Å². The molecule has 2 amide bonds. The SMILES string of the molecule is CCC1(C(=O)O)CCN(C(=O)NCc2ncn[nH]2)C1. The number of likely N-dealkylation sites (tertiary alicyclic amines) is 1. The van der Waals surface area contributed by atoms with E-state index in [9.17, 15) is 14.7 Å². The van der Waals surface area contributed by atoms with Gasteiger partial charge < -0.3 is 15.3 Å². The fraction of sp³-hybridized carbons (Fsp3) is 0.636. The molecule has 0 bridgehead atoms. The third-order valence-corrected chi connectivity index (χ3v) is 3.64. The number of nitrogens with zero attached hydrogens (tertiary/aromatic N) is 3. The fourth-order valence-corrected chi connectivity index (χ4v) is 2.25. The van der Waals surface area contributed by atoms with Crippen molar-refractivity contribution in [1.29, 1.82) is 0 Å². The van der Waals surface area contributed by atoms with Gasteiger partial charge in [-0.15, -0.1) is 0 Å². The van der Waals surface area contributed by atoms with Crippen LogP contribution in [0.25, 0.3) is 0 Å². The van der Waals surface area contributed by atoms with Crippen molar-refractivity contribution in [2.75, 3.05) is 13.1 Å². The highest BCUT2D eigenvalue weighted by Gasteiger charge is 2.44. The Morgan fingerprint density at radius 1 is 1.63 bits per heavy atom. The van der Waals surface area contributed by atoms with Crippen LogP contribution < -0.4 is 5.32 Å². The molecule has 0 radical (unpaired) electrons. The summed E-state index contributed by atoms with van der Waals surface area (Å²) in [6.45, 7) is 2.80. The molecule has 1 unspecified atom stereocenters. The maximum atomic E-state index is 11.9. The molecule has 2 heterocycles. The predicted molar refractivity (Wildman–Crippen MR) is 65.2 cm³/mol. The van der Waals surface area contributed by atoms with Crippen LogP contribution in [0.15, 0.2) is 6.33 Å². The van der Waals surface area contributed by atoms with Crippen molar-refractivity contribution < 1.29 is 14.7 Å². The topological polar surface area (TPSA) is 111 Å². The zero-order valence-corrected chi connectivity index (χ0v) is 10.7. The minimum absolute atomic E-state index is 0.251. The van der Waals surface area contributed by atoms with E-state index in [0.717, 1.165) is 0 Å². The van der Waals surface area contributed by atoms with Crippen LogP contribution in [0.4, 0.5) is 4.79 Å². The largest absolute Gasteiger partial charge is 0.481 e. The van der Waals surface area contributed by atoms with Crippen LogP contribution in [0.1, 0.15) is 25.6 Å². The van der Waals surface area contributed by atoms with E-state index in [0.29, 0.717) is 25.2 Å². The predicted octanol–water partition coefficient (Wildman–Crippen LogP) is 0.201. The molecule has 1 aromatic rings. The van der Waals surface area contributed by atoms with Crippen LogP contribution >= 0.6 is 0 Å². The lowest BCUT2D eigenvalue weighted by atomic mass is 9.84. The highest BCUT2D eigenvalue weighted by Crippen LogP contribution is 2.34. The third-order valence-electron chi connectivity index (χ3n) is 3.64. The number of carboxylic acids is 1. The first kappa shape index (κ1) is 13.3. The number of aliphatic carboxylic acids is 1. The molecule has 1 aliphatic rings. The van der Waals surface area contributed by atoms with E-state index in [1.54, 1.807) is 0 Å². The molecule has 8 nitrogen and oxygen atoms in total. The van der Waals surface area contributed by atoms with E-state index in [-0.39, 0.29) is 19.1 Å². The molecule has 1 atom stereocenters. The second kappa shape index (κ2) is 5.25. The highest BCUT2D eigenvalue weighted by atomic mass is 16.4. The first-order valence-corrected chi connectivity index (χ1v) is 6.18. The molecule has 104 valence electrons. The van der Waals surface area contributed by atoms with Crippen molar-refractivity contribution in [3.8, 4) is 0 Å². The molecule has 0 aromatic carbocycles. The van der Waals surface area contributed by atoms with Gasteiger partial charge in [-0.05, 0) is 12.8 Å². The van der Waals surface area contributed by atoms with Gasteiger partial charge in [0.1, 0.15) is 12.2 Å². The lowest BCUT2D eigenvalue weighted by molar-refractivity contribution is -0.148. The fourth-order valence-electron chi connectivity index (χ4n) is 2.25. The number of amides is 2. The van der Waals surface area contributed by atoms with Gasteiger partial charge in [0.15, 0.2) is 0 Å². The number of hydrogen-bond acceptors (Lipinski definition) is 4. The van der Waals surface area contributed by atoms with Crippen molar-refractivity contribution in [1.82, 2.24) is 25.4 Å². The monoisotopic (exact) mass is 267 g/mol. The number of nitrogens with one attached hydrogen (secondary N) is 2. The normalized spacial score (nSPS) is 22.5. The van der Waals surface area contributed by atoms with Gasteiger partial charge in [-0.2, -0.15) is 5.10 Å². The lowest BCUT2D eigenvalue weighted by Crippen LogP contribution is -2.41. The Balaban J connectivity index is 1.89. The molecular weight excluding hydrogens is 250 g/mol. The van der Waals surface area contributed by atoms with E-state index < -0.39 is 11.4 Å². The first-order valence-electron chi connectivity index (χ1n) is 6.18. The summed E-state index contributed by atoms with van der Waals surface area (Å²) in [6, 6.07) is -0.270. The molecule has 1 aliphatic heterocycles. The summed E-state index contributed by atoms with van der Waals surface area (Å²) < 4.78 is 0. The quantitative estimate of drug-likeness (QED) is 0.721. The van der Waals surface area contributed by atoms with Gasteiger partial charge >= 0.3 is 12.0 Å². The van der Waals surface area contributed by atoms with Crippen molar-refractivity contribution in [3.63, 3.8) is 0 Å². The summed E-state index contributed by atoms with van der Waals surface area (Å²) in [6.07, 6.45) is 2.38. The molecule has 1 aromatic heterocycles. The van der Waals surface area contributed by atoms with Gasteiger partial charge in [-0.3, -0.25) is 9.89 Å². The average Bonchev–Trinajstić information content (AvgIpc) is 3.05. The number of aromatic nitrogens is 3. The van der Waals surface area contributed by atoms with Gasteiger partial charge in [0, 0.05) is 13.1 Å². The molecule has 8 heteroatoms. The second-order valence-electron chi connectivity index (χ2n) is 4.70. The average molecular weight is 267 g/mol. The molecule has 0 saturated carbocycles. The zero-order chi connectivity index (χ0) is 13.9. The second-order valence-corrected chi connectivity index (χ2v) is 4.70. The highest BCUT2D eigenvalue weighted by molar-refractivity contribution is 5.79. The molecule has 3 N–H and O–H groups in total. The number of aromatic amines is 1. The summed E-state index contributed by atoms with van der Waals surface area (Å²) in [7, 11) is 0. The van der Waals surface area contributed by atoms with Crippen molar-refractivity contribution in [2.24, 2.45) is 5.41 Å². The van der Waals surface area contributed by atoms with Crippen molar-refractivity contribution >= 4 is 12.0 Å². The van der Waals surface area contributed by atoms with Crippen LogP contribution in [0.3, 0.4) is 0 Å². The van der Waals surface area contributed by atoms with E-state index in [1.165, 1.54) is 11.2 Å². The number of urea groups is 1. The standard InChI is InChI=1S/C11H17N5O3/c1-2-11(9(17)18)3-4-16(6-11)10(19)12-5-8-13-7-14-15-8/h7H,2-6H2,1H3,(H,12,19)(H,17,18)(H,13,14,15). The Hall–Kier alpha value is -2.12. The molecular formula is C11H17N5O3. The zero-order valence-electron chi connectivity index (χ0n) is 10.7. The number of rotatable bonds is 4. The number of hydrogen-bond donors (Lipinski definition) is 3. The van der Waals surface area contributed by atoms with Crippen molar-refractivity contribution in [2.45, 2.75) is 26.3 Å². The number of carbonyl (C=O) groups is 2. The summed E-state index contributed by atoms with van der Waals surface area (Å²) in [4.78, 5) is 28.6. The van der Waals surface area contributed by atoms with Crippen LogP contribution in [-0.2, 0) is 11.3 Å². The molecule has 0 spiro atoms. The number of H-pyrrole nitrogens is 1. The first-order chi connectivity index (χ1) is 9.07. The Kier molecular flexibility index (Phi) is 3.68. The maximum absolute atomic E-state index is 11.9. The van der Waals surface area contributed by atoms with Crippen molar-refractivity contribution in [3.05, 3.63) is 12.2 Å². The van der Waals surface area contributed by atoms with Crippen LogP contribution in [-0.4, -0.2) is 50.3 Å². The Morgan fingerprint density at radius 3 is 2.95 bits per heavy atom. The van der Waals surface area contributed by atoms with Gasteiger partial charge in [-0.25, -0.2) is 9.78 Å². The molecule has 19 heavy (non-hydrogen) atoms. The minimum atomic E-state index is -0.833. The summed E-state index contributed by atoms with van der Waals surface area (Å²) >= 11 is 0. The molecule has 1 saturated heterocycles. The summed E-state index contributed by atoms with van der Waals surface area (Å²) in [5.41, 5.74) is -0.802. The Labute approximate surface area is 110 Å². The summed E-state index contributed by atoms with van der Waals surface area (Å²) in [5, 5.41) is 18.3. The van der Waals surface area contributed by atoms with E-state index in [2.05, 4.69) is 20.5 Å². The van der Waals surface area contributed by atoms with Gasteiger partial charge in [-0.1, -0.05) is 6.92 Å². The van der Waals surface area contributed by atoms with E-state index >= 15 is 0 Å².